The molecule has 3 nitrogen and oxygen atoms in total. The molecule has 4 rings (SSSR count). The number of halogens is 1. The van der Waals surface area contributed by atoms with Crippen molar-refractivity contribution in [2.75, 3.05) is 0 Å². The molecule has 6 heteroatoms. The first-order chi connectivity index (χ1) is 12.0. The van der Waals surface area contributed by atoms with Crippen LogP contribution >= 0.6 is 22.9 Å². The first-order valence-corrected chi connectivity index (χ1v) is 9.23. The van der Waals surface area contributed by atoms with Crippen molar-refractivity contribution in [3.8, 4) is 0 Å². The number of aromatic nitrogens is 1. The van der Waals surface area contributed by atoms with Gasteiger partial charge in [0.15, 0.2) is 0 Å². The quantitative estimate of drug-likeness (QED) is 0.561. The number of fused-ring (bicyclic) bond motifs is 2. The summed E-state index contributed by atoms with van der Waals surface area (Å²) in [6.07, 6.45) is 1.98. The summed E-state index contributed by atoms with van der Waals surface area (Å²) in [6.45, 7) is 0.670. The van der Waals surface area contributed by atoms with E-state index in [1.165, 1.54) is 4.70 Å². The first kappa shape index (κ1) is 16.2. The van der Waals surface area contributed by atoms with Crippen LogP contribution in [0.4, 0.5) is 0 Å². The summed E-state index contributed by atoms with van der Waals surface area (Å²) in [5.41, 5.74) is 4.21. The largest absolute Gasteiger partial charge is 0.481 e. The Morgan fingerprint density at radius 3 is 2.88 bits per heavy atom. The summed E-state index contributed by atoms with van der Waals surface area (Å²) in [5, 5.41) is 14.2. The van der Waals surface area contributed by atoms with E-state index in [1.54, 1.807) is 11.3 Å². The van der Waals surface area contributed by atoms with Crippen molar-refractivity contribution in [3.63, 3.8) is 0 Å². The molecule has 25 heavy (non-hydrogen) atoms. The van der Waals surface area contributed by atoms with Crippen LogP contribution in [-0.4, -0.2) is 23.5 Å². The molecule has 0 bridgehead atoms. The number of rotatable bonds is 4. The Labute approximate surface area is 154 Å². The highest BCUT2D eigenvalue weighted by molar-refractivity contribution is 7.17. The van der Waals surface area contributed by atoms with Crippen LogP contribution in [0.5, 0.6) is 0 Å². The van der Waals surface area contributed by atoms with Crippen LogP contribution < -0.4 is 5.46 Å². The number of aliphatic carboxylic acids is 1. The molecule has 0 aliphatic rings. The standard InChI is InChI=1S/C19H15BClNO2S/c20-13-4-5-14-11(6-18(23)24)8-22(16(14)7-13)9-12-10-25-17-3-1-2-15(21)19(12)17/h1-5,7-8,10H,6,9,20H2,(H,23,24). The van der Waals surface area contributed by atoms with Gasteiger partial charge in [0, 0.05) is 38.8 Å². The van der Waals surface area contributed by atoms with Gasteiger partial charge in [0.2, 0.25) is 0 Å². The molecule has 0 saturated heterocycles. The number of carboxylic acid groups (broad SMARTS) is 1. The number of benzene rings is 2. The second-order valence-corrected chi connectivity index (χ2v) is 7.57. The molecule has 124 valence electrons. The maximum Gasteiger partial charge on any atom is 0.307 e. The summed E-state index contributed by atoms with van der Waals surface area (Å²) in [5.74, 6) is -0.816. The topological polar surface area (TPSA) is 42.2 Å². The Morgan fingerprint density at radius 2 is 2.08 bits per heavy atom. The summed E-state index contributed by atoms with van der Waals surface area (Å²) < 4.78 is 3.30. The predicted molar refractivity (Wildman–Crippen MR) is 107 cm³/mol. The van der Waals surface area contributed by atoms with Crippen LogP contribution in [0.3, 0.4) is 0 Å². The van der Waals surface area contributed by atoms with Crippen molar-refractivity contribution in [3.05, 3.63) is 64.1 Å². The second kappa shape index (κ2) is 6.25. The van der Waals surface area contributed by atoms with Gasteiger partial charge in [-0.05, 0) is 34.7 Å². The van der Waals surface area contributed by atoms with E-state index in [-0.39, 0.29) is 6.42 Å². The summed E-state index contributed by atoms with van der Waals surface area (Å²) in [7, 11) is 2.05. The molecule has 0 radical (unpaired) electrons. The van der Waals surface area contributed by atoms with Gasteiger partial charge >= 0.3 is 5.97 Å². The normalized spacial score (nSPS) is 11.4. The van der Waals surface area contributed by atoms with Crippen LogP contribution in [0.2, 0.25) is 5.02 Å². The van der Waals surface area contributed by atoms with Crippen molar-refractivity contribution in [1.82, 2.24) is 4.57 Å². The molecule has 0 atom stereocenters. The van der Waals surface area contributed by atoms with E-state index in [4.69, 9.17) is 11.6 Å². The zero-order valence-corrected chi connectivity index (χ0v) is 15.2. The number of carboxylic acids is 1. The average molecular weight is 368 g/mol. The maximum absolute atomic E-state index is 11.2. The van der Waals surface area contributed by atoms with Gasteiger partial charge in [-0.15, -0.1) is 11.3 Å². The summed E-state index contributed by atoms with van der Waals surface area (Å²) in [6, 6.07) is 12.1. The van der Waals surface area contributed by atoms with E-state index in [0.29, 0.717) is 6.54 Å². The molecule has 0 saturated carbocycles. The summed E-state index contributed by atoms with van der Waals surface area (Å²) in [4.78, 5) is 11.2. The first-order valence-electron chi connectivity index (χ1n) is 7.97. The minimum Gasteiger partial charge on any atom is -0.481 e. The van der Waals surface area contributed by atoms with Crippen molar-refractivity contribution in [2.45, 2.75) is 13.0 Å². The molecule has 4 aromatic rings. The molecular formula is C19H15BClNO2S. The Kier molecular flexibility index (Phi) is 4.06. The van der Waals surface area contributed by atoms with Crippen molar-refractivity contribution in [1.29, 1.82) is 0 Å². The van der Waals surface area contributed by atoms with Gasteiger partial charge in [-0.3, -0.25) is 4.79 Å². The lowest BCUT2D eigenvalue weighted by Gasteiger charge is -2.06. The van der Waals surface area contributed by atoms with Gasteiger partial charge in [0.1, 0.15) is 7.85 Å². The number of carbonyl (C=O) groups is 1. The monoisotopic (exact) mass is 367 g/mol. The van der Waals surface area contributed by atoms with Gasteiger partial charge in [0.25, 0.3) is 0 Å². The lowest BCUT2D eigenvalue weighted by atomic mass is 9.94. The fraction of sp³-hybridized carbons (Fsp3) is 0.105. The molecular weight excluding hydrogens is 353 g/mol. The molecule has 0 unspecified atom stereocenters. The van der Waals surface area contributed by atoms with Crippen LogP contribution in [-0.2, 0) is 17.8 Å². The van der Waals surface area contributed by atoms with E-state index in [0.717, 1.165) is 37.9 Å². The summed E-state index contributed by atoms with van der Waals surface area (Å²) >= 11 is 8.09. The van der Waals surface area contributed by atoms with Crippen molar-refractivity contribution < 1.29 is 9.90 Å². The van der Waals surface area contributed by atoms with Crippen LogP contribution in [0.25, 0.3) is 21.0 Å². The molecule has 0 aliphatic heterocycles. The second-order valence-electron chi connectivity index (χ2n) is 6.25. The van der Waals surface area contributed by atoms with Gasteiger partial charge in [0.05, 0.1) is 6.42 Å². The Morgan fingerprint density at radius 1 is 1.24 bits per heavy atom. The highest BCUT2D eigenvalue weighted by atomic mass is 35.5. The van der Waals surface area contributed by atoms with Gasteiger partial charge in [-0.1, -0.05) is 35.3 Å². The van der Waals surface area contributed by atoms with Crippen molar-refractivity contribution >= 4 is 63.2 Å². The molecule has 0 aliphatic carbocycles. The van der Waals surface area contributed by atoms with Crippen LogP contribution in [0, 0.1) is 0 Å². The predicted octanol–water partition coefficient (Wildman–Crippen LogP) is 3.44. The highest BCUT2D eigenvalue weighted by Gasteiger charge is 2.14. The third-order valence-corrected chi connectivity index (χ3v) is 5.74. The number of nitrogens with zero attached hydrogens (tertiary/aromatic N) is 1. The number of hydrogen-bond donors (Lipinski definition) is 1. The Hall–Kier alpha value is -2.24. The third-order valence-electron chi connectivity index (χ3n) is 4.43. The van der Waals surface area contributed by atoms with Crippen molar-refractivity contribution in [2.24, 2.45) is 0 Å². The maximum atomic E-state index is 11.2. The van der Waals surface area contributed by atoms with Crippen LogP contribution in [0.15, 0.2) is 48.0 Å². The van der Waals surface area contributed by atoms with Crippen LogP contribution in [0.1, 0.15) is 11.1 Å². The molecule has 0 amide bonds. The van der Waals surface area contributed by atoms with E-state index in [2.05, 4.69) is 22.1 Å². The fourth-order valence-electron chi connectivity index (χ4n) is 3.32. The van der Waals surface area contributed by atoms with E-state index in [9.17, 15) is 9.90 Å². The highest BCUT2D eigenvalue weighted by Crippen LogP contribution is 2.33. The zero-order valence-electron chi connectivity index (χ0n) is 13.6. The third kappa shape index (κ3) is 2.94. The SMILES string of the molecule is Bc1ccc2c(CC(=O)O)cn(Cc3csc4cccc(Cl)c34)c2c1. The number of hydrogen-bond acceptors (Lipinski definition) is 2. The minimum atomic E-state index is -0.816. The minimum absolute atomic E-state index is 0.0255. The Bertz CT molecular complexity index is 1120. The molecule has 2 aromatic heterocycles. The van der Waals surface area contributed by atoms with Gasteiger partial charge < -0.3 is 9.67 Å². The fourth-order valence-corrected chi connectivity index (χ4v) is 4.65. The van der Waals surface area contributed by atoms with E-state index >= 15 is 0 Å². The molecule has 2 heterocycles. The molecule has 0 spiro atoms. The molecule has 0 fully saturated rings. The molecule has 1 N–H and O–H groups in total. The number of thiophene rings is 1. The molecule has 2 aromatic carbocycles. The van der Waals surface area contributed by atoms with E-state index in [1.807, 2.05) is 38.3 Å². The van der Waals surface area contributed by atoms with Gasteiger partial charge in [-0.2, -0.15) is 0 Å². The lowest BCUT2D eigenvalue weighted by Crippen LogP contribution is -2.03. The zero-order chi connectivity index (χ0) is 17.6. The smallest absolute Gasteiger partial charge is 0.307 e. The lowest BCUT2D eigenvalue weighted by molar-refractivity contribution is -0.136. The van der Waals surface area contributed by atoms with Gasteiger partial charge in [-0.25, -0.2) is 0 Å². The Balaban J connectivity index is 1.85. The van der Waals surface area contributed by atoms with E-state index < -0.39 is 5.97 Å². The average Bonchev–Trinajstić information content (AvgIpc) is 3.11.